The number of cyclic esters (lactones) is 1. The lowest BCUT2D eigenvalue weighted by molar-refractivity contribution is -0.169. The highest BCUT2D eigenvalue weighted by atomic mass is 16.6. The number of aliphatic hydroxyl groups excluding tert-OH is 1. The molecule has 1 N–H and O–H groups in total. The Bertz CT molecular complexity index is 637. The third-order valence-electron chi connectivity index (χ3n) is 4.47. The second-order valence-corrected chi connectivity index (χ2v) is 6.71. The maximum atomic E-state index is 12.3. The number of aromatic nitrogens is 1. The summed E-state index contributed by atoms with van der Waals surface area (Å²) < 4.78 is 10.8. The molecular formula is C20H27NO5. The lowest BCUT2D eigenvalue weighted by Gasteiger charge is -2.25. The molecule has 0 aliphatic carbocycles. The van der Waals surface area contributed by atoms with Gasteiger partial charge in [0.1, 0.15) is 6.61 Å². The van der Waals surface area contributed by atoms with Crippen molar-refractivity contribution in [1.82, 2.24) is 4.98 Å². The van der Waals surface area contributed by atoms with E-state index in [0.717, 1.165) is 25.7 Å². The molecule has 0 aromatic carbocycles. The fourth-order valence-electron chi connectivity index (χ4n) is 3.08. The molecule has 142 valence electrons. The van der Waals surface area contributed by atoms with Crippen molar-refractivity contribution >= 4 is 18.0 Å². The molecule has 0 amide bonds. The van der Waals surface area contributed by atoms with Gasteiger partial charge in [-0.15, -0.1) is 0 Å². The van der Waals surface area contributed by atoms with Crippen LogP contribution in [-0.2, 0) is 19.1 Å². The van der Waals surface area contributed by atoms with Crippen molar-refractivity contribution in [3.8, 4) is 0 Å². The highest BCUT2D eigenvalue weighted by Gasteiger charge is 2.45. The molecule has 0 saturated carbocycles. The number of hydrogen-bond donors (Lipinski definition) is 1. The molecule has 6 heteroatoms. The summed E-state index contributed by atoms with van der Waals surface area (Å²) in [7, 11) is 0. The first kappa shape index (κ1) is 20.1. The van der Waals surface area contributed by atoms with Crippen molar-refractivity contribution < 1.29 is 24.2 Å². The Balaban J connectivity index is 2.04. The number of hydrogen-bond acceptors (Lipinski definition) is 6. The first-order chi connectivity index (χ1) is 12.5. The van der Waals surface area contributed by atoms with E-state index in [2.05, 4.69) is 4.98 Å². The van der Waals surface area contributed by atoms with Crippen LogP contribution in [0.2, 0.25) is 0 Å². The summed E-state index contributed by atoms with van der Waals surface area (Å²) in [6.07, 6.45) is 6.78. The van der Waals surface area contributed by atoms with Crippen LogP contribution in [0.15, 0.2) is 30.0 Å². The van der Waals surface area contributed by atoms with Crippen LogP contribution in [0, 0.1) is 5.92 Å². The lowest BCUT2D eigenvalue weighted by Crippen LogP contribution is -2.40. The summed E-state index contributed by atoms with van der Waals surface area (Å²) in [5.41, 5.74) is -0.167. The number of aliphatic hydroxyl groups is 1. The second kappa shape index (κ2) is 9.48. The van der Waals surface area contributed by atoms with Gasteiger partial charge in [0.2, 0.25) is 0 Å². The van der Waals surface area contributed by atoms with Gasteiger partial charge in [-0.25, -0.2) is 4.79 Å². The highest BCUT2D eigenvalue weighted by molar-refractivity contribution is 5.96. The number of nitrogens with zero attached hydrogens (tertiary/aromatic N) is 1. The van der Waals surface area contributed by atoms with Gasteiger partial charge < -0.3 is 14.6 Å². The van der Waals surface area contributed by atoms with Gasteiger partial charge in [0, 0.05) is 18.2 Å². The maximum Gasteiger partial charge on any atom is 0.335 e. The van der Waals surface area contributed by atoms with Crippen molar-refractivity contribution in [2.45, 2.75) is 51.6 Å². The topological polar surface area (TPSA) is 85.7 Å². The number of carbonyl (C=O) groups excluding carboxylic acids is 2. The minimum atomic E-state index is -1.21. The maximum absolute atomic E-state index is 12.3. The van der Waals surface area contributed by atoms with E-state index in [4.69, 9.17) is 9.47 Å². The standard InChI is InChI=1S/C20H27NO5/c1-3-7-15(8-4-2)18(23)25-14-20(13-22)12-16(19(24)26-20)11-17-9-5-6-10-21-17/h5-6,9-11,15,22H,3-4,7-8,12-14H2,1-2H3/b16-11+. The minimum Gasteiger partial charge on any atom is -0.461 e. The van der Waals surface area contributed by atoms with Crippen LogP contribution < -0.4 is 0 Å². The summed E-state index contributed by atoms with van der Waals surface area (Å²) in [5, 5.41) is 9.77. The van der Waals surface area contributed by atoms with Crippen LogP contribution in [0.1, 0.15) is 51.6 Å². The first-order valence-electron chi connectivity index (χ1n) is 9.16. The van der Waals surface area contributed by atoms with Gasteiger partial charge in [-0.3, -0.25) is 9.78 Å². The zero-order chi connectivity index (χ0) is 19.0. The lowest BCUT2D eigenvalue weighted by atomic mass is 9.97. The van der Waals surface area contributed by atoms with Gasteiger partial charge in [-0.2, -0.15) is 0 Å². The van der Waals surface area contributed by atoms with E-state index >= 15 is 0 Å². The smallest absolute Gasteiger partial charge is 0.335 e. The molecule has 1 unspecified atom stereocenters. The van der Waals surface area contributed by atoms with Gasteiger partial charge in [-0.05, 0) is 31.1 Å². The van der Waals surface area contributed by atoms with Crippen LogP contribution in [0.3, 0.4) is 0 Å². The molecule has 6 nitrogen and oxygen atoms in total. The largest absolute Gasteiger partial charge is 0.461 e. The van der Waals surface area contributed by atoms with Crippen LogP contribution in [0.4, 0.5) is 0 Å². The average Bonchev–Trinajstić information content (AvgIpc) is 2.96. The van der Waals surface area contributed by atoms with Gasteiger partial charge >= 0.3 is 11.9 Å². The molecular weight excluding hydrogens is 334 g/mol. The molecule has 0 spiro atoms. The first-order valence-corrected chi connectivity index (χ1v) is 9.16. The van der Waals surface area contributed by atoms with Gasteiger partial charge in [-0.1, -0.05) is 32.8 Å². The fourth-order valence-corrected chi connectivity index (χ4v) is 3.08. The average molecular weight is 361 g/mol. The number of rotatable bonds is 9. The summed E-state index contributed by atoms with van der Waals surface area (Å²) in [4.78, 5) is 28.6. The van der Waals surface area contributed by atoms with Crippen LogP contribution in [0.5, 0.6) is 0 Å². The number of pyridine rings is 1. The molecule has 0 radical (unpaired) electrons. The molecule has 0 bridgehead atoms. The molecule has 1 aromatic heterocycles. The van der Waals surface area contributed by atoms with Crippen molar-refractivity contribution in [2.75, 3.05) is 13.2 Å². The monoisotopic (exact) mass is 361 g/mol. The summed E-state index contributed by atoms with van der Waals surface area (Å²) in [5.74, 6) is -0.958. The number of ether oxygens (including phenoxy) is 2. The Labute approximate surface area is 154 Å². The second-order valence-electron chi connectivity index (χ2n) is 6.71. The van der Waals surface area contributed by atoms with E-state index < -0.39 is 18.2 Å². The van der Waals surface area contributed by atoms with Gasteiger partial charge in [0.25, 0.3) is 0 Å². The third-order valence-corrected chi connectivity index (χ3v) is 4.47. The summed E-state index contributed by atoms with van der Waals surface area (Å²) in [6, 6.07) is 5.39. The predicted molar refractivity (Wildman–Crippen MR) is 97.0 cm³/mol. The van der Waals surface area contributed by atoms with Crippen LogP contribution in [0.25, 0.3) is 6.08 Å². The van der Waals surface area contributed by atoms with Crippen molar-refractivity contribution in [2.24, 2.45) is 5.92 Å². The van der Waals surface area contributed by atoms with E-state index in [-0.39, 0.29) is 24.9 Å². The molecule has 26 heavy (non-hydrogen) atoms. The van der Waals surface area contributed by atoms with E-state index in [1.165, 1.54) is 0 Å². The zero-order valence-electron chi connectivity index (χ0n) is 15.4. The normalized spacial score (nSPS) is 21.2. The zero-order valence-corrected chi connectivity index (χ0v) is 15.4. The molecule has 2 rings (SSSR count). The SMILES string of the molecule is CCCC(CCC)C(=O)OCC1(CO)C/C(=C\c2ccccn2)C(=O)O1. The highest BCUT2D eigenvalue weighted by Crippen LogP contribution is 2.32. The minimum absolute atomic E-state index is 0.141. The van der Waals surface area contributed by atoms with Crippen LogP contribution >= 0.6 is 0 Å². The van der Waals surface area contributed by atoms with Gasteiger partial charge in [0.05, 0.1) is 18.2 Å². The fraction of sp³-hybridized carbons (Fsp3) is 0.550. The van der Waals surface area contributed by atoms with Crippen molar-refractivity contribution in [3.63, 3.8) is 0 Å². The van der Waals surface area contributed by atoms with Crippen molar-refractivity contribution in [1.29, 1.82) is 0 Å². The molecule has 1 aromatic rings. The van der Waals surface area contributed by atoms with E-state index in [1.807, 2.05) is 19.9 Å². The summed E-state index contributed by atoms with van der Waals surface area (Å²) in [6.45, 7) is 3.51. The number of carbonyl (C=O) groups is 2. The third kappa shape index (κ3) is 5.14. The van der Waals surface area contributed by atoms with Crippen molar-refractivity contribution in [3.05, 3.63) is 35.7 Å². The molecule has 2 heterocycles. The predicted octanol–water partition coefficient (Wildman–Crippen LogP) is 2.90. The molecule has 1 fully saturated rings. The summed E-state index contributed by atoms with van der Waals surface area (Å²) >= 11 is 0. The van der Waals surface area contributed by atoms with Crippen LogP contribution in [-0.4, -0.2) is 40.8 Å². The quantitative estimate of drug-likeness (QED) is 0.538. The van der Waals surface area contributed by atoms with E-state index in [9.17, 15) is 14.7 Å². The molecule has 1 aliphatic heterocycles. The van der Waals surface area contributed by atoms with E-state index in [0.29, 0.717) is 11.3 Å². The Morgan fingerprint density at radius 1 is 1.38 bits per heavy atom. The van der Waals surface area contributed by atoms with Gasteiger partial charge in [0.15, 0.2) is 5.60 Å². The Morgan fingerprint density at radius 3 is 2.69 bits per heavy atom. The number of esters is 2. The Hall–Kier alpha value is -2.21. The molecule has 1 aliphatic rings. The van der Waals surface area contributed by atoms with E-state index in [1.54, 1.807) is 24.4 Å². The Kier molecular flexibility index (Phi) is 7.33. The molecule has 1 atom stereocenters. The molecule has 1 saturated heterocycles. The Morgan fingerprint density at radius 2 is 2.12 bits per heavy atom.